The van der Waals surface area contributed by atoms with E-state index in [0.29, 0.717) is 19.6 Å². The second-order valence-corrected chi connectivity index (χ2v) is 4.26. The van der Waals surface area contributed by atoms with Gasteiger partial charge in [-0.1, -0.05) is 30.3 Å². The van der Waals surface area contributed by atoms with E-state index in [2.05, 4.69) is 0 Å². The SMILES string of the molecule is CN(CCN)CC(=O)N(C)Cc1ccccc1. The van der Waals surface area contributed by atoms with Crippen LogP contribution < -0.4 is 5.73 Å². The number of nitrogens with two attached hydrogens (primary N) is 1. The van der Waals surface area contributed by atoms with Gasteiger partial charge >= 0.3 is 0 Å². The molecule has 4 nitrogen and oxygen atoms in total. The van der Waals surface area contributed by atoms with Gasteiger partial charge in [0.05, 0.1) is 6.54 Å². The van der Waals surface area contributed by atoms with E-state index in [9.17, 15) is 4.79 Å². The highest BCUT2D eigenvalue weighted by molar-refractivity contribution is 5.77. The standard InChI is InChI=1S/C13H21N3O/c1-15(9-8-14)11-13(17)16(2)10-12-6-4-3-5-7-12/h3-7H,8-11,14H2,1-2H3. The molecule has 0 radical (unpaired) electrons. The fourth-order valence-electron chi connectivity index (χ4n) is 1.60. The molecule has 2 N–H and O–H groups in total. The van der Waals surface area contributed by atoms with Crippen molar-refractivity contribution in [3.05, 3.63) is 35.9 Å². The molecule has 0 aliphatic rings. The van der Waals surface area contributed by atoms with Crippen molar-refractivity contribution < 1.29 is 4.79 Å². The van der Waals surface area contributed by atoms with Gasteiger partial charge < -0.3 is 10.6 Å². The second kappa shape index (κ2) is 7.04. The molecule has 0 saturated heterocycles. The van der Waals surface area contributed by atoms with Crippen LogP contribution in [-0.2, 0) is 11.3 Å². The Morgan fingerprint density at radius 1 is 1.24 bits per heavy atom. The van der Waals surface area contributed by atoms with E-state index in [0.717, 1.165) is 12.1 Å². The van der Waals surface area contributed by atoms with Crippen LogP contribution in [0.2, 0.25) is 0 Å². The molecule has 1 aromatic rings. The molecule has 0 bridgehead atoms. The van der Waals surface area contributed by atoms with Crippen molar-refractivity contribution in [1.29, 1.82) is 0 Å². The summed E-state index contributed by atoms with van der Waals surface area (Å²) in [5.41, 5.74) is 6.58. The molecular formula is C13H21N3O. The molecule has 0 heterocycles. The summed E-state index contributed by atoms with van der Waals surface area (Å²) in [6, 6.07) is 9.98. The van der Waals surface area contributed by atoms with Crippen LogP contribution >= 0.6 is 0 Å². The lowest BCUT2D eigenvalue weighted by molar-refractivity contribution is -0.131. The molecule has 0 spiro atoms. The number of likely N-dealkylation sites (N-methyl/N-ethyl adjacent to an activating group) is 2. The highest BCUT2D eigenvalue weighted by Crippen LogP contribution is 2.02. The number of amides is 1. The summed E-state index contributed by atoms with van der Waals surface area (Å²) in [6.45, 7) is 2.38. The molecule has 94 valence electrons. The minimum atomic E-state index is 0.116. The van der Waals surface area contributed by atoms with Crippen LogP contribution in [-0.4, -0.2) is 49.4 Å². The zero-order valence-electron chi connectivity index (χ0n) is 10.6. The van der Waals surface area contributed by atoms with Gasteiger partial charge in [-0.15, -0.1) is 0 Å². The van der Waals surface area contributed by atoms with Crippen molar-refractivity contribution >= 4 is 5.91 Å². The smallest absolute Gasteiger partial charge is 0.236 e. The van der Waals surface area contributed by atoms with Gasteiger partial charge in [0.15, 0.2) is 0 Å². The van der Waals surface area contributed by atoms with Gasteiger partial charge in [-0.25, -0.2) is 0 Å². The molecular weight excluding hydrogens is 214 g/mol. The lowest BCUT2D eigenvalue weighted by Gasteiger charge is -2.21. The highest BCUT2D eigenvalue weighted by Gasteiger charge is 2.11. The van der Waals surface area contributed by atoms with Gasteiger partial charge in [0.1, 0.15) is 0 Å². The molecule has 1 amide bonds. The van der Waals surface area contributed by atoms with Gasteiger partial charge in [-0.2, -0.15) is 0 Å². The van der Waals surface area contributed by atoms with E-state index in [1.807, 2.05) is 49.3 Å². The van der Waals surface area contributed by atoms with E-state index < -0.39 is 0 Å². The van der Waals surface area contributed by atoms with Crippen LogP contribution in [0.4, 0.5) is 0 Å². The number of hydrogen-bond donors (Lipinski definition) is 1. The van der Waals surface area contributed by atoms with Crippen LogP contribution in [0.25, 0.3) is 0 Å². The quantitative estimate of drug-likeness (QED) is 0.782. The summed E-state index contributed by atoms with van der Waals surface area (Å²) in [4.78, 5) is 15.5. The Labute approximate surface area is 103 Å². The Bertz CT molecular complexity index is 340. The molecule has 0 aromatic heterocycles. The monoisotopic (exact) mass is 235 g/mol. The van der Waals surface area contributed by atoms with Gasteiger partial charge in [0, 0.05) is 26.7 Å². The zero-order chi connectivity index (χ0) is 12.7. The van der Waals surface area contributed by atoms with Crippen LogP contribution in [0.15, 0.2) is 30.3 Å². The number of nitrogens with zero attached hydrogens (tertiary/aromatic N) is 2. The maximum Gasteiger partial charge on any atom is 0.236 e. The number of hydrogen-bond acceptors (Lipinski definition) is 3. The minimum Gasteiger partial charge on any atom is -0.340 e. The van der Waals surface area contributed by atoms with Gasteiger partial charge in [-0.3, -0.25) is 9.69 Å². The van der Waals surface area contributed by atoms with E-state index in [1.54, 1.807) is 4.90 Å². The molecule has 0 atom stereocenters. The second-order valence-electron chi connectivity index (χ2n) is 4.26. The van der Waals surface area contributed by atoms with Crippen LogP contribution in [0.1, 0.15) is 5.56 Å². The number of benzene rings is 1. The summed E-state index contributed by atoms with van der Waals surface area (Å²) in [6.07, 6.45) is 0. The van der Waals surface area contributed by atoms with Crippen molar-refractivity contribution in [2.24, 2.45) is 5.73 Å². The van der Waals surface area contributed by atoms with Crippen molar-refractivity contribution in [2.45, 2.75) is 6.54 Å². The highest BCUT2D eigenvalue weighted by atomic mass is 16.2. The van der Waals surface area contributed by atoms with Crippen LogP contribution in [0, 0.1) is 0 Å². The van der Waals surface area contributed by atoms with Crippen molar-refractivity contribution in [2.75, 3.05) is 33.7 Å². The third kappa shape index (κ3) is 4.97. The average Bonchev–Trinajstić information content (AvgIpc) is 2.30. The predicted octanol–water partition coefficient (Wildman–Crippen LogP) is 0.536. The Morgan fingerprint density at radius 3 is 2.47 bits per heavy atom. The Morgan fingerprint density at radius 2 is 1.88 bits per heavy atom. The first kappa shape index (κ1) is 13.7. The molecule has 4 heteroatoms. The summed E-state index contributed by atoms with van der Waals surface area (Å²) < 4.78 is 0. The summed E-state index contributed by atoms with van der Waals surface area (Å²) in [7, 11) is 3.73. The molecule has 0 aliphatic carbocycles. The first-order chi connectivity index (χ1) is 8.13. The summed E-state index contributed by atoms with van der Waals surface area (Å²) in [5.74, 6) is 0.116. The third-order valence-electron chi connectivity index (χ3n) is 2.60. The molecule has 0 unspecified atom stereocenters. The Balaban J connectivity index is 2.42. The van der Waals surface area contributed by atoms with Gasteiger partial charge in [-0.05, 0) is 12.6 Å². The van der Waals surface area contributed by atoms with Gasteiger partial charge in [0.2, 0.25) is 5.91 Å². The number of rotatable bonds is 6. The molecule has 0 aliphatic heterocycles. The zero-order valence-corrected chi connectivity index (χ0v) is 10.6. The summed E-state index contributed by atoms with van der Waals surface area (Å²) >= 11 is 0. The predicted molar refractivity (Wildman–Crippen MR) is 69.5 cm³/mol. The fourth-order valence-corrected chi connectivity index (χ4v) is 1.60. The lowest BCUT2D eigenvalue weighted by Crippen LogP contribution is -2.38. The normalized spacial score (nSPS) is 10.6. The maximum atomic E-state index is 11.9. The van der Waals surface area contributed by atoms with Crippen molar-refractivity contribution in [3.63, 3.8) is 0 Å². The van der Waals surface area contributed by atoms with Crippen LogP contribution in [0.3, 0.4) is 0 Å². The van der Waals surface area contributed by atoms with Crippen molar-refractivity contribution in [1.82, 2.24) is 9.80 Å². The van der Waals surface area contributed by atoms with Gasteiger partial charge in [0.25, 0.3) is 0 Å². The molecule has 0 fully saturated rings. The number of carbonyl (C=O) groups is 1. The first-order valence-electron chi connectivity index (χ1n) is 5.80. The molecule has 17 heavy (non-hydrogen) atoms. The largest absolute Gasteiger partial charge is 0.340 e. The number of carbonyl (C=O) groups excluding carboxylic acids is 1. The summed E-state index contributed by atoms with van der Waals surface area (Å²) in [5, 5.41) is 0. The Kier molecular flexibility index (Phi) is 5.66. The van der Waals surface area contributed by atoms with E-state index in [4.69, 9.17) is 5.73 Å². The average molecular weight is 235 g/mol. The van der Waals surface area contributed by atoms with E-state index >= 15 is 0 Å². The lowest BCUT2D eigenvalue weighted by atomic mass is 10.2. The minimum absolute atomic E-state index is 0.116. The molecule has 1 aromatic carbocycles. The topological polar surface area (TPSA) is 49.6 Å². The van der Waals surface area contributed by atoms with E-state index in [1.165, 1.54) is 0 Å². The third-order valence-corrected chi connectivity index (χ3v) is 2.60. The van der Waals surface area contributed by atoms with E-state index in [-0.39, 0.29) is 5.91 Å². The molecule has 0 saturated carbocycles. The van der Waals surface area contributed by atoms with Crippen LogP contribution in [0.5, 0.6) is 0 Å². The van der Waals surface area contributed by atoms with Crippen molar-refractivity contribution in [3.8, 4) is 0 Å². The Hall–Kier alpha value is -1.39. The fraction of sp³-hybridized carbons (Fsp3) is 0.462. The molecule has 1 rings (SSSR count). The maximum absolute atomic E-state index is 11.9. The first-order valence-corrected chi connectivity index (χ1v) is 5.80.